The van der Waals surface area contributed by atoms with E-state index in [2.05, 4.69) is 6.92 Å². The van der Waals surface area contributed by atoms with Crippen molar-refractivity contribution in [2.24, 2.45) is 0 Å². The highest BCUT2D eigenvalue weighted by molar-refractivity contribution is 5.59. The van der Waals surface area contributed by atoms with E-state index < -0.39 is 11.6 Å². The maximum absolute atomic E-state index is 13.5. The monoisotopic (exact) mass is 250 g/mol. The Kier molecular flexibility index (Phi) is 4.51. The van der Waals surface area contributed by atoms with Crippen LogP contribution in [0, 0.1) is 11.6 Å². The van der Waals surface area contributed by atoms with Crippen LogP contribution >= 0.6 is 0 Å². The first-order chi connectivity index (χ1) is 8.70. The van der Waals surface area contributed by atoms with Gasteiger partial charge >= 0.3 is 0 Å². The summed E-state index contributed by atoms with van der Waals surface area (Å²) in [4.78, 5) is 0. The highest BCUT2D eigenvalue weighted by Crippen LogP contribution is 2.29. The molecular formula is C16H20F2. The molecule has 0 aromatic heterocycles. The van der Waals surface area contributed by atoms with Gasteiger partial charge in [0.1, 0.15) is 11.6 Å². The van der Waals surface area contributed by atoms with Crippen molar-refractivity contribution in [3.63, 3.8) is 0 Å². The standard InChI is InChI=1S/C16H20F2/c1-2-3-4-5-6-12-7-8-15-13(9-12)10-14(17)11-16(15)18/h9-11H,2-8H2,1H3. The lowest BCUT2D eigenvalue weighted by Gasteiger charge is -2.17. The highest BCUT2D eigenvalue weighted by Gasteiger charge is 2.15. The lowest BCUT2D eigenvalue weighted by atomic mass is 9.89. The molecule has 98 valence electrons. The number of hydrogen-bond donors (Lipinski definition) is 0. The van der Waals surface area contributed by atoms with Gasteiger partial charge in [0, 0.05) is 6.07 Å². The number of unbranched alkanes of at least 4 members (excludes halogenated alkanes) is 3. The summed E-state index contributed by atoms with van der Waals surface area (Å²) in [5.41, 5.74) is 2.75. The van der Waals surface area contributed by atoms with Crippen molar-refractivity contribution in [2.75, 3.05) is 0 Å². The summed E-state index contributed by atoms with van der Waals surface area (Å²) >= 11 is 0. The Balaban J connectivity index is 2.05. The number of halogens is 2. The van der Waals surface area contributed by atoms with Crippen LogP contribution in [-0.4, -0.2) is 0 Å². The Morgan fingerprint density at radius 2 is 1.89 bits per heavy atom. The molecule has 1 aromatic carbocycles. The molecule has 2 heteroatoms. The van der Waals surface area contributed by atoms with Crippen LogP contribution in [0.2, 0.25) is 0 Å². The van der Waals surface area contributed by atoms with Gasteiger partial charge in [0.2, 0.25) is 0 Å². The van der Waals surface area contributed by atoms with Gasteiger partial charge in [-0.3, -0.25) is 0 Å². The zero-order chi connectivity index (χ0) is 13.0. The summed E-state index contributed by atoms with van der Waals surface area (Å²) in [6, 6.07) is 2.43. The Hall–Kier alpha value is -1.18. The smallest absolute Gasteiger partial charge is 0.129 e. The van der Waals surface area contributed by atoms with Gasteiger partial charge in [-0.05, 0) is 42.9 Å². The van der Waals surface area contributed by atoms with Gasteiger partial charge in [-0.1, -0.05) is 37.8 Å². The van der Waals surface area contributed by atoms with Gasteiger partial charge in [-0.25, -0.2) is 8.78 Å². The summed E-state index contributed by atoms with van der Waals surface area (Å²) in [6.45, 7) is 2.20. The maximum Gasteiger partial charge on any atom is 0.129 e. The number of hydrogen-bond acceptors (Lipinski definition) is 0. The van der Waals surface area contributed by atoms with Crippen molar-refractivity contribution in [2.45, 2.75) is 51.9 Å². The fraction of sp³-hybridized carbons (Fsp3) is 0.500. The summed E-state index contributed by atoms with van der Waals surface area (Å²) in [5.74, 6) is -0.874. The third-order valence-corrected chi connectivity index (χ3v) is 3.60. The van der Waals surface area contributed by atoms with E-state index in [1.165, 1.54) is 37.3 Å². The van der Waals surface area contributed by atoms with E-state index in [0.717, 1.165) is 24.5 Å². The molecule has 0 fully saturated rings. The third-order valence-electron chi connectivity index (χ3n) is 3.60. The lowest BCUT2D eigenvalue weighted by Crippen LogP contribution is -2.03. The first-order valence-electron chi connectivity index (χ1n) is 6.88. The van der Waals surface area contributed by atoms with Crippen LogP contribution in [0.25, 0.3) is 6.08 Å². The van der Waals surface area contributed by atoms with Crippen molar-refractivity contribution in [1.29, 1.82) is 0 Å². The Bertz CT molecular complexity index is 447. The largest absolute Gasteiger partial charge is 0.207 e. The minimum atomic E-state index is -0.477. The van der Waals surface area contributed by atoms with Crippen LogP contribution in [0.3, 0.4) is 0 Å². The predicted molar refractivity (Wildman–Crippen MR) is 71.4 cm³/mol. The number of rotatable bonds is 5. The van der Waals surface area contributed by atoms with Crippen LogP contribution in [0.5, 0.6) is 0 Å². The average molecular weight is 250 g/mol. The fourth-order valence-corrected chi connectivity index (χ4v) is 2.57. The molecule has 0 aliphatic heterocycles. The van der Waals surface area contributed by atoms with Gasteiger partial charge in [0.15, 0.2) is 0 Å². The second kappa shape index (κ2) is 6.12. The molecule has 0 saturated carbocycles. The summed E-state index contributed by atoms with van der Waals surface area (Å²) < 4.78 is 26.7. The van der Waals surface area contributed by atoms with Crippen LogP contribution in [0.1, 0.15) is 56.6 Å². The normalized spacial score (nSPS) is 14.3. The molecule has 0 amide bonds. The predicted octanol–water partition coefficient (Wildman–Crippen LogP) is 5.26. The SMILES string of the molecule is CCCCCCC1=Cc2cc(F)cc(F)c2CC1. The van der Waals surface area contributed by atoms with Crippen LogP contribution in [-0.2, 0) is 6.42 Å². The van der Waals surface area contributed by atoms with Gasteiger partial charge in [-0.2, -0.15) is 0 Å². The molecule has 0 N–H and O–H groups in total. The maximum atomic E-state index is 13.5. The lowest BCUT2D eigenvalue weighted by molar-refractivity contribution is 0.567. The average Bonchev–Trinajstić information content (AvgIpc) is 2.34. The molecular weight excluding hydrogens is 230 g/mol. The van der Waals surface area contributed by atoms with Crippen molar-refractivity contribution in [1.82, 2.24) is 0 Å². The summed E-state index contributed by atoms with van der Waals surface area (Å²) in [6.07, 6.45) is 9.62. The van der Waals surface area contributed by atoms with E-state index >= 15 is 0 Å². The molecule has 0 radical (unpaired) electrons. The molecule has 0 heterocycles. The van der Waals surface area contributed by atoms with E-state index in [1.807, 2.05) is 6.08 Å². The molecule has 0 saturated heterocycles. The van der Waals surface area contributed by atoms with E-state index in [0.29, 0.717) is 12.0 Å². The van der Waals surface area contributed by atoms with Crippen molar-refractivity contribution in [3.8, 4) is 0 Å². The summed E-state index contributed by atoms with van der Waals surface area (Å²) in [7, 11) is 0. The van der Waals surface area contributed by atoms with Crippen LogP contribution < -0.4 is 0 Å². The third kappa shape index (κ3) is 3.18. The second-order valence-corrected chi connectivity index (χ2v) is 5.07. The van der Waals surface area contributed by atoms with E-state index in [-0.39, 0.29) is 0 Å². The first kappa shape index (κ1) is 13.3. The zero-order valence-corrected chi connectivity index (χ0v) is 10.9. The van der Waals surface area contributed by atoms with Gasteiger partial charge < -0.3 is 0 Å². The molecule has 1 aliphatic carbocycles. The molecule has 0 spiro atoms. The molecule has 0 unspecified atom stereocenters. The van der Waals surface area contributed by atoms with Crippen LogP contribution in [0.15, 0.2) is 17.7 Å². The van der Waals surface area contributed by atoms with Crippen molar-refractivity contribution in [3.05, 3.63) is 40.5 Å². The minimum Gasteiger partial charge on any atom is -0.207 e. The number of benzene rings is 1. The highest BCUT2D eigenvalue weighted by atomic mass is 19.1. The molecule has 2 rings (SSSR count). The van der Waals surface area contributed by atoms with E-state index in [9.17, 15) is 8.78 Å². The van der Waals surface area contributed by atoms with Gasteiger partial charge in [-0.15, -0.1) is 0 Å². The minimum absolute atomic E-state index is 0.397. The molecule has 1 aliphatic rings. The second-order valence-electron chi connectivity index (χ2n) is 5.07. The first-order valence-corrected chi connectivity index (χ1v) is 6.88. The number of allylic oxidation sites excluding steroid dienone is 1. The van der Waals surface area contributed by atoms with Crippen LogP contribution in [0.4, 0.5) is 8.78 Å². The van der Waals surface area contributed by atoms with E-state index in [1.54, 1.807) is 0 Å². The number of fused-ring (bicyclic) bond motifs is 1. The fourth-order valence-electron chi connectivity index (χ4n) is 2.57. The molecule has 0 atom stereocenters. The van der Waals surface area contributed by atoms with Gasteiger partial charge in [0.25, 0.3) is 0 Å². The Labute approximate surface area is 108 Å². The quantitative estimate of drug-likeness (QED) is 0.625. The topological polar surface area (TPSA) is 0 Å². The zero-order valence-electron chi connectivity index (χ0n) is 10.9. The van der Waals surface area contributed by atoms with Crippen molar-refractivity contribution < 1.29 is 8.78 Å². The molecule has 18 heavy (non-hydrogen) atoms. The van der Waals surface area contributed by atoms with Gasteiger partial charge in [0.05, 0.1) is 0 Å². The summed E-state index contributed by atoms with van der Waals surface area (Å²) in [5, 5.41) is 0. The molecule has 0 nitrogen and oxygen atoms in total. The van der Waals surface area contributed by atoms with E-state index in [4.69, 9.17) is 0 Å². The molecule has 0 bridgehead atoms. The Morgan fingerprint density at radius 3 is 2.67 bits per heavy atom. The Morgan fingerprint density at radius 1 is 1.06 bits per heavy atom. The molecule has 1 aromatic rings. The van der Waals surface area contributed by atoms with Crippen molar-refractivity contribution >= 4 is 6.08 Å².